The Balaban J connectivity index is 1.51. The molecular weight excluding hydrogens is 486 g/mol. The molecule has 0 bridgehead atoms. The predicted octanol–water partition coefficient (Wildman–Crippen LogP) is 4.05. The van der Waals surface area contributed by atoms with E-state index in [-0.39, 0.29) is 18.1 Å². The number of ether oxygens (including phenoxy) is 3. The second kappa shape index (κ2) is 10.8. The van der Waals surface area contributed by atoms with E-state index >= 15 is 0 Å². The molecule has 1 aliphatic heterocycles. The number of hydrogen-bond donors (Lipinski definition) is 1. The highest BCUT2D eigenvalue weighted by Crippen LogP contribution is 2.40. The lowest BCUT2D eigenvalue weighted by Crippen LogP contribution is -2.47. The molecule has 35 heavy (non-hydrogen) atoms. The van der Waals surface area contributed by atoms with Crippen molar-refractivity contribution < 1.29 is 50.1 Å². The van der Waals surface area contributed by atoms with Gasteiger partial charge in [-0.1, -0.05) is 0 Å². The molecule has 1 aliphatic rings. The summed E-state index contributed by atoms with van der Waals surface area (Å²) in [7, 11) is 0. The monoisotopic (exact) mass is 506 g/mol. The average Bonchev–Trinajstić information content (AvgIpc) is 2.83. The van der Waals surface area contributed by atoms with Crippen LogP contribution in [0.4, 0.5) is 32.0 Å². The third kappa shape index (κ3) is 6.78. The number of hydrogen-bond acceptors (Lipinski definition) is 5. The number of halogens is 6. The predicted molar refractivity (Wildman–Crippen MR) is 110 cm³/mol. The van der Waals surface area contributed by atoms with E-state index in [0.29, 0.717) is 37.7 Å². The molecular formula is C22H20F6N2O5. The molecule has 0 spiro atoms. The Bertz CT molecular complexity index is 1010. The van der Waals surface area contributed by atoms with Gasteiger partial charge < -0.3 is 24.4 Å². The van der Waals surface area contributed by atoms with Crippen LogP contribution in [-0.2, 0) is 9.53 Å². The Morgan fingerprint density at radius 2 is 1.51 bits per heavy atom. The number of nitrogens with zero attached hydrogens (tertiary/aromatic N) is 1. The Morgan fingerprint density at radius 3 is 2.09 bits per heavy atom. The van der Waals surface area contributed by atoms with Crippen molar-refractivity contribution in [3.63, 3.8) is 0 Å². The van der Waals surface area contributed by atoms with Crippen LogP contribution >= 0.6 is 0 Å². The third-order valence-electron chi connectivity index (χ3n) is 4.86. The summed E-state index contributed by atoms with van der Waals surface area (Å²) in [4.78, 5) is 26.0. The number of carbonyl (C=O) groups excluding carboxylic acids is 2. The van der Waals surface area contributed by atoms with Gasteiger partial charge in [-0.15, -0.1) is 0 Å². The summed E-state index contributed by atoms with van der Waals surface area (Å²) < 4.78 is 90.4. The number of amides is 2. The van der Waals surface area contributed by atoms with Gasteiger partial charge in [-0.25, -0.2) is 0 Å². The van der Waals surface area contributed by atoms with Crippen LogP contribution < -0.4 is 14.8 Å². The molecule has 1 saturated heterocycles. The van der Waals surface area contributed by atoms with Crippen molar-refractivity contribution in [2.75, 3.05) is 38.2 Å². The van der Waals surface area contributed by atoms with Crippen molar-refractivity contribution in [3.8, 4) is 11.5 Å². The standard InChI is InChI=1S/C22H20F6N2O5/c23-20(21(24,25)22(26,27)28)35-17-5-1-14(2-6-17)19(32)29-15-3-7-16(8-4-15)34-13-18(31)30-9-11-33-12-10-30/h1-8,20H,9-13H2,(H,29,32)/t20-/m1/s1. The van der Waals surface area contributed by atoms with Crippen LogP contribution in [0, 0.1) is 0 Å². The van der Waals surface area contributed by atoms with Gasteiger partial charge in [-0.3, -0.25) is 9.59 Å². The van der Waals surface area contributed by atoms with Crippen molar-refractivity contribution in [1.82, 2.24) is 4.90 Å². The lowest BCUT2D eigenvalue weighted by molar-refractivity contribution is -0.328. The molecule has 2 amide bonds. The first-order chi connectivity index (χ1) is 16.5. The van der Waals surface area contributed by atoms with Gasteiger partial charge in [0.25, 0.3) is 11.8 Å². The van der Waals surface area contributed by atoms with E-state index < -0.39 is 30.1 Å². The number of nitrogens with one attached hydrogen (secondary N) is 1. The summed E-state index contributed by atoms with van der Waals surface area (Å²) in [6, 6.07) is 9.98. The van der Waals surface area contributed by atoms with Crippen LogP contribution in [0.15, 0.2) is 48.5 Å². The van der Waals surface area contributed by atoms with Gasteiger partial charge >= 0.3 is 18.5 Å². The van der Waals surface area contributed by atoms with Gasteiger partial charge in [0, 0.05) is 24.3 Å². The van der Waals surface area contributed by atoms with Gasteiger partial charge in [0.1, 0.15) is 11.5 Å². The SMILES string of the molecule is O=C(Nc1ccc(OCC(=O)N2CCOCC2)cc1)c1ccc(O[C@@H](F)C(F)(F)C(F)(F)F)cc1. The maximum atomic E-state index is 13.3. The summed E-state index contributed by atoms with van der Waals surface area (Å²) in [6.45, 7) is 1.78. The molecule has 190 valence electrons. The number of carbonyl (C=O) groups is 2. The first-order valence-corrected chi connectivity index (χ1v) is 10.2. The van der Waals surface area contributed by atoms with Crippen molar-refractivity contribution in [1.29, 1.82) is 0 Å². The second-order valence-corrected chi connectivity index (χ2v) is 7.34. The van der Waals surface area contributed by atoms with Gasteiger partial charge in [-0.05, 0) is 48.5 Å². The first-order valence-electron chi connectivity index (χ1n) is 10.2. The summed E-state index contributed by atoms with van der Waals surface area (Å²) in [5, 5.41) is 2.54. The van der Waals surface area contributed by atoms with Gasteiger partial charge in [0.05, 0.1) is 13.2 Å². The largest absolute Gasteiger partial charge is 0.484 e. The molecule has 1 heterocycles. The maximum Gasteiger partial charge on any atom is 0.460 e. The summed E-state index contributed by atoms with van der Waals surface area (Å²) in [5.41, 5.74) is 0.364. The Labute approximate surface area is 195 Å². The highest BCUT2D eigenvalue weighted by Gasteiger charge is 2.65. The number of rotatable bonds is 8. The number of morpholine rings is 1. The zero-order valence-corrected chi connectivity index (χ0v) is 18.0. The van der Waals surface area contributed by atoms with Crippen molar-refractivity contribution >= 4 is 17.5 Å². The molecule has 2 aromatic carbocycles. The van der Waals surface area contributed by atoms with Gasteiger partial charge in [0.15, 0.2) is 6.61 Å². The number of benzene rings is 2. The second-order valence-electron chi connectivity index (χ2n) is 7.34. The quantitative estimate of drug-likeness (QED) is 0.547. The molecule has 1 fully saturated rings. The molecule has 1 N–H and O–H groups in total. The fourth-order valence-electron chi connectivity index (χ4n) is 2.89. The molecule has 13 heteroatoms. The smallest absolute Gasteiger partial charge is 0.460 e. The zero-order valence-electron chi connectivity index (χ0n) is 18.0. The normalized spacial score (nSPS) is 15.3. The van der Waals surface area contributed by atoms with E-state index in [2.05, 4.69) is 10.1 Å². The Morgan fingerprint density at radius 1 is 0.943 bits per heavy atom. The molecule has 0 unspecified atom stereocenters. The third-order valence-corrected chi connectivity index (χ3v) is 4.86. The van der Waals surface area contributed by atoms with Crippen LogP contribution in [-0.4, -0.2) is 68.1 Å². The minimum Gasteiger partial charge on any atom is -0.484 e. The van der Waals surface area contributed by atoms with E-state index in [9.17, 15) is 35.9 Å². The van der Waals surface area contributed by atoms with Crippen molar-refractivity contribution in [3.05, 3.63) is 54.1 Å². The van der Waals surface area contributed by atoms with Crippen molar-refractivity contribution in [2.24, 2.45) is 0 Å². The van der Waals surface area contributed by atoms with E-state index in [0.717, 1.165) is 24.3 Å². The Hall–Kier alpha value is -3.48. The fourth-order valence-corrected chi connectivity index (χ4v) is 2.89. The minimum atomic E-state index is -6.12. The highest BCUT2D eigenvalue weighted by molar-refractivity contribution is 6.04. The van der Waals surface area contributed by atoms with E-state index in [1.54, 1.807) is 4.90 Å². The molecule has 0 aromatic heterocycles. The average molecular weight is 506 g/mol. The minimum absolute atomic E-state index is 0.00627. The highest BCUT2D eigenvalue weighted by atomic mass is 19.4. The Kier molecular flexibility index (Phi) is 8.10. The van der Waals surface area contributed by atoms with E-state index in [4.69, 9.17) is 9.47 Å². The fraction of sp³-hybridized carbons (Fsp3) is 0.364. The molecule has 2 aromatic rings. The van der Waals surface area contributed by atoms with Crippen LogP contribution in [0.1, 0.15) is 10.4 Å². The molecule has 1 atom stereocenters. The zero-order chi connectivity index (χ0) is 25.6. The summed E-state index contributed by atoms with van der Waals surface area (Å²) >= 11 is 0. The summed E-state index contributed by atoms with van der Waals surface area (Å²) in [5.74, 6) is -6.74. The summed E-state index contributed by atoms with van der Waals surface area (Å²) in [6.07, 6.45) is -10.1. The molecule has 7 nitrogen and oxygen atoms in total. The number of anilines is 1. The molecule has 3 rings (SSSR count). The van der Waals surface area contributed by atoms with Gasteiger partial charge in [-0.2, -0.15) is 26.3 Å². The maximum absolute atomic E-state index is 13.3. The van der Waals surface area contributed by atoms with Crippen molar-refractivity contribution in [2.45, 2.75) is 18.5 Å². The molecule has 0 aliphatic carbocycles. The topological polar surface area (TPSA) is 77.1 Å². The van der Waals surface area contributed by atoms with Crippen LogP contribution in [0.2, 0.25) is 0 Å². The van der Waals surface area contributed by atoms with Gasteiger partial charge in [0.2, 0.25) is 0 Å². The molecule has 0 saturated carbocycles. The lowest BCUT2D eigenvalue weighted by atomic mass is 10.2. The molecule has 0 radical (unpaired) electrons. The lowest BCUT2D eigenvalue weighted by Gasteiger charge is -2.26. The van der Waals surface area contributed by atoms with Crippen LogP contribution in [0.3, 0.4) is 0 Å². The van der Waals surface area contributed by atoms with Crippen LogP contribution in [0.25, 0.3) is 0 Å². The first kappa shape index (κ1) is 26.1. The van der Waals surface area contributed by atoms with E-state index in [1.807, 2.05) is 0 Å². The van der Waals surface area contributed by atoms with Crippen LogP contribution in [0.5, 0.6) is 11.5 Å². The van der Waals surface area contributed by atoms with E-state index in [1.165, 1.54) is 24.3 Å². The number of alkyl halides is 6.